The van der Waals surface area contributed by atoms with Gasteiger partial charge in [-0.15, -0.1) is 0 Å². The Morgan fingerprint density at radius 2 is 0.962 bits per heavy atom. The molecule has 0 aliphatic heterocycles. The molecule has 0 bridgehead atoms. The number of para-hydroxylation sites is 2. The summed E-state index contributed by atoms with van der Waals surface area (Å²) >= 11 is 0. The number of nitrogens with zero attached hydrogens (tertiary/aromatic N) is 1. The number of benzene rings is 8. The lowest BCUT2D eigenvalue weighted by atomic mass is 9.82. The van der Waals surface area contributed by atoms with Gasteiger partial charge in [0.1, 0.15) is 11.2 Å². The molecule has 1 aliphatic rings. The summed E-state index contributed by atoms with van der Waals surface area (Å²) < 4.78 is 6.44. The molecule has 0 saturated carbocycles. The van der Waals surface area contributed by atoms with E-state index in [-0.39, 0.29) is 5.41 Å². The van der Waals surface area contributed by atoms with Crippen molar-refractivity contribution in [1.29, 1.82) is 0 Å². The summed E-state index contributed by atoms with van der Waals surface area (Å²) in [7, 11) is 0. The first-order valence-corrected chi connectivity index (χ1v) is 18.3. The zero-order chi connectivity index (χ0) is 35.5. The lowest BCUT2D eigenvalue weighted by Gasteiger charge is -2.29. The molecule has 1 aromatic heterocycles. The van der Waals surface area contributed by atoms with Crippen molar-refractivity contribution in [3.8, 4) is 44.5 Å². The van der Waals surface area contributed by atoms with Crippen molar-refractivity contribution in [1.82, 2.24) is 0 Å². The van der Waals surface area contributed by atoms with Gasteiger partial charge in [-0.1, -0.05) is 153 Å². The van der Waals surface area contributed by atoms with E-state index in [0.717, 1.165) is 50.1 Å². The molecule has 9 aromatic rings. The number of fused-ring (bicyclic) bond motifs is 6. The molecule has 0 atom stereocenters. The molecule has 0 spiro atoms. The summed E-state index contributed by atoms with van der Waals surface area (Å²) in [4.78, 5) is 2.42. The van der Waals surface area contributed by atoms with Gasteiger partial charge >= 0.3 is 0 Å². The van der Waals surface area contributed by atoms with Crippen LogP contribution in [0.15, 0.2) is 192 Å². The van der Waals surface area contributed by atoms with Gasteiger partial charge in [0.2, 0.25) is 0 Å². The van der Waals surface area contributed by atoms with Crippen LogP contribution in [0.5, 0.6) is 0 Å². The quantitative estimate of drug-likeness (QED) is 0.174. The minimum absolute atomic E-state index is 0.121. The van der Waals surface area contributed by atoms with Crippen molar-refractivity contribution in [3.05, 3.63) is 199 Å². The average Bonchev–Trinajstić information content (AvgIpc) is 3.71. The van der Waals surface area contributed by atoms with E-state index in [0.29, 0.717) is 0 Å². The van der Waals surface area contributed by atoms with Gasteiger partial charge in [0.25, 0.3) is 0 Å². The molecule has 0 amide bonds. The normalized spacial score (nSPS) is 12.9. The molecule has 0 unspecified atom stereocenters. The van der Waals surface area contributed by atoms with E-state index in [9.17, 15) is 0 Å². The van der Waals surface area contributed by atoms with Crippen LogP contribution in [0.1, 0.15) is 25.0 Å². The number of anilines is 3. The van der Waals surface area contributed by atoms with Crippen LogP contribution in [0, 0.1) is 0 Å². The van der Waals surface area contributed by atoms with E-state index in [1.165, 1.54) is 44.5 Å². The van der Waals surface area contributed by atoms with E-state index in [1.54, 1.807) is 0 Å². The van der Waals surface area contributed by atoms with Gasteiger partial charge in [-0.2, -0.15) is 0 Å². The van der Waals surface area contributed by atoms with Crippen molar-refractivity contribution in [2.24, 2.45) is 0 Å². The summed E-state index contributed by atoms with van der Waals surface area (Å²) in [5.41, 5.74) is 17.3. The smallest absolute Gasteiger partial charge is 0.143 e. The first-order chi connectivity index (χ1) is 26.0. The molecule has 0 fully saturated rings. The van der Waals surface area contributed by atoms with Crippen LogP contribution < -0.4 is 4.90 Å². The Balaban J connectivity index is 1.16. The third kappa shape index (κ3) is 5.18. The minimum atomic E-state index is -0.121. The van der Waals surface area contributed by atoms with Crippen molar-refractivity contribution in [3.63, 3.8) is 0 Å². The standard InChI is InChI=1S/C51H37NO/c1-51(2)47-22-11-9-18-43(47)44-29-28-40(33-48(44)51)52(41-31-37(34-14-5-3-6-15-34)30-38(32-41)35-16-7-4-8-17-35)39-26-24-36(25-27-39)42-20-13-21-46-45-19-10-12-23-49(45)53-50(42)46/h3-33H,1-2H3. The highest BCUT2D eigenvalue weighted by Crippen LogP contribution is 2.51. The minimum Gasteiger partial charge on any atom is -0.455 e. The highest BCUT2D eigenvalue weighted by atomic mass is 16.3. The van der Waals surface area contributed by atoms with Crippen LogP contribution in [0.4, 0.5) is 17.1 Å². The molecular weight excluding hydrogens is 643 g/mol. The number of hydrogen-bond donors (Lipinski definition) is 0. The van der Waals surface area contributed by atoms with E-state index in [2.05, 4.69) is 195 Å². The molecule has 2 heteroatoms. The molecule has 10 rings (SSSR count). The summed E-state index contributed by atoms with van der Waals surface area (Å²) in [5, 5.41) is 2.28. The van der Waals surface area contributed by atoms with E-state index < -0.39 is 0 Å². The average molecular weight is 680 g/mol. The highest BCUT2D eigenvalue weighted by molar-refractivity contribution is 6.09. The zero-order valence-corrected chi connectivity index (χ0v) is 29.8. The second kappa shape index (κ2) is 12.3. The van der Waals surface area contributed by atoms with E-state index in [4.69, 9.17) is 4.42 Å². The first-order valence-electron chi connectivity index (χ1n) is 18.3. The topological polar surface area (TPSA) is 16.4 Å². The van der Waals surface area contributed by atoms with Gasteiger partial charge < -0.3 is 9.32 Å². The summed E-state index contributed by atoms with van der Waals surface area (Å²) in [5.74, 6) is 0. The second-order valence-electron chi connectivity index (χ2n) is 14.6. The molecule has 252 valence electrons. The lowest BCUT2D eigenvalue weighted by Crippen LogP contribution is -2.16. The van der Waals surface area contributed by atoms with Gasteiger partial charge in [0.15, 0.2) is 0 Å². The monoisotopic (exact) mass is 679 g/mol. The van der Waals surface area contributed by atoms with E-state index >= 15 is 0 Å². The largest absolute Gasteiger partial charge is 0.455 e. The Hall–Kier alpha value is -6.64. The van der Waals surface area contributed by atoms with Crippen molar-refractivity contribution in [2.45, 2.75) is 19.3 Å². The Kier molecular flexibility index (Phi) is 7.19. The maximum absolute atomic E-state index is 6.44. The predicted molar refractivity (Wildman–Crippen MR) is 222 cm³/mol. The summed E-state index contributed by atoms with van der Waals surface area (Å²) in [6, 6.07) is 67.9. The molecular formula is C51H37NO. The van der Waals surface area contributed by atoms with Crippen molar-refractivity contribution in [2.75, 3.05) is 4.90 Å². The van der Waals surface area contributed by atoms with Gasteiger partial charge in [0, 0.05) is 38.8 Å². The Morgan fingerprint density at radius 1 is 0.377 bits per heavy atom. The number of furan rings is 1. The third-order valence-electron chi connectivity index (χ3n) is 11.1. The van der Waals surface area contributed by atoms with Crippen LogP contribution in [-0.4, -0.2) is 0 Å². The molecule has 53 heavy (non-hydrogen) atoms. The lowest BCUT2D eigenvalue weighted by molar-refractivity contribution is 0.660. The molecule has 8 aromatic carbocycles. The van der Waals surface area contributed by atoms with Crippen LogP contribution in [0.3, 0.4) is 0 Å². The molecule has 1 heterocycles. The van der Waals surface area contributed by atoms with Gasteiger partial charge in [-0.05, 0) is 98.6 Å². The predicted octanol–water partition coefficient (Wildman–Crippen LogP) is 14.4. The highest BCUT2D eigenvalue weighted by Gasteiger charge is 2.35. The molecule has 2 nitrogen and oxygen atoms in total. The van der Waals surface area contributed by atoms with Crippen molar-refractivity contribution < 1.29 is 4.42 Å². The zero-order valence-electron chi connectivity index (χ0n) is 29.8. The second-order valence-corrected chi connectivity index (χ2v) is 14.6. The maximum Gasteiger partial charge on any atom is 0.143 e. The van der Waals surface area contributed by atoms with Crippen LogP contribution in [-0.2, 0) is 5.41 Å². The molecule has 0 N–H and O–H groups in total. The Bertz CT molecular complexity index is 2730. The van der Waals surface area contributed by atoms with Gasteiger partial charge in [-0.25, -0.2) is 0 Å². The Labute approximate surface area is 310 Å². The fourth-order valence-corrected chi connectivity index (χ4v) is 8.38. The maximum atomic E-state index is 6.44. The molecule has 0 radical (unpaired) electrons. The SMILES string of the molecule is CC1(C)c2ccccc2-c2ccc(N(c3ccc(-c4cccc5c4oc4ccccc45)cc3)c3cc(-c4ccccc4)cc(-c4ccccc4)c3)cc21. The molecule has 0 saturated heterocycles. The van der Waals surface area contributed by atoms with Crippen LogP contribution >= 0.6 is 0 Å². The Morgan fingerprint density at radius 3 is 1.70 bits per heavy atom. The van der Waals surface area contributed by atoms with Crippen molar-refractivity contribution >= 4 is 39.0 Å². The summed E-state index contributed by atoms with van der Waals surface area (Å²) in [6.45, 7) is 4.70. The number of rotatable bonds is 6. The first kappa shape index (κ1) is 31.1. The third-order valence-corrected chi connectivity index (χ3v) is 11.1. The fourth-order valence-electron chi connectivity index (χ4n) is 8.38. The summed E-state index contributed by atoms with van der Waals surface area (Å²) in [6.07, 6.45) is 0. The fraction of sp³-hybridized carbons (Fsp3) is 0.0588. The van der Waals surface area contributed by atoms with Gasteiger partial charge in [0.05, 0.1) is 0 Å². The van der Waals surface area contributed by atoms with Gasteiger partial charge in [-0.3, -0.25) is 0 Å². The van der Waals surface area contributed by atoms with Crippen LogP contribution in [0.2, 0.25) is 0 Å². The molecule has 1 aliphatic carbocycles. The number of hydrogen-bond acceptors (Lipinski definition) is 2. The van der Waals surface area contributed by atoms with E-state index in [1.807, 2.05) is 12.1 Å². The van der Waals surface area contributed by atoms with Crippen LogP contribution in [0.25, 0.3) is 66.4 Å².